The first kappa shape index (κ1) is 13.2. The molecule has 1 aliphatic heterocycles. The first-order valence-electron chi connectivity index (χ1n) is 6.19. The second kappa shape index (κ2) is 6.04. The summed E-state index contributed by atoms with van der Waals surface area (Å²) in [4.78, 5) is 13.8. The first-order valence-corrected chi connectivity index (χ1v) is 6.19. The molecule has 1 unspecified atom stereocenters. The Labute approximate surface area is 98.9 Å². The lowest BCUT2D eigenvalue weighted by molar-refractivity contribution is -0.137. The van der Waals surface area contributed by atoms with Crippen molar-refractivity contribution in [2.75, 3.05) is 19.6 Å². The quantitative estimate of drug-likeness (QED) is 0.722. The van der Waals surface area contributed by atoms with Crippen LogP contribution in [0.5, 0.6) is 0 Å². The third-order valence-electron chi connectivity index (χ3n) is 2.97. The van der Waals surface area contributed by atoms with E-state index in [2.05, 4.69) is 25.7 Å². The number of piperidine rings is 1. The van der Waals surface area contributed by atoms with E-state index in [4.69, 9.17) is 0 Å². The van der Waals surface area contributed by atoms with Gasteiger partial charge in [0.05, 0.1) is 0 Å². The fourth-order valence-corrected chi connectivity index (χ4v) is 1.96. The minimum atomic E-state index is 0.194. The Morgan fingerprint density at radius 2 is 2.31 bits per heavy atom. The second-order valence-electron chi connectivity index (χ2n) is 5.09. The molecule has 0 spiro atoms. The third-order valence-corrected chi connectivity index (χ3v) is 2.97. The molecule has 1 atom stereocenters. The molecule has 0 aliphatic carbocycles. The van der Waals surface area contributed by atoms with E-state index >= 15 is 0 Å². The molecule has 1 N–H and O–H groups in total. The molecule has 1 heterocycles. The lowest BCUT2D eigenvalue weighted by Crippen LogP contribution is -2.42. The van der Waals surface area contributed by atoms with Crippen LogP contribution in [0.1, 0.15) is 33.6 Å². The van der Waals surface area contributed by atoms with Crippen molar-refractivity contribution >= 4 is 5.91 Å². The normalized spacial score (nSPS) is 21.6. The molecule has 0 radical (unpaired) electrons. The van der Waals surface area contributed by atoms with E-state index in [0.29, 0.717) is 12.6 Å². The molecule has 0 bridgehead atoms. The number of likely N-dealkylation sites (tertiary alicyclic amines) is 1. The number of nitrogens with zero attached hydrogens (tertiary/aromatic N) is 1. The van der Waals surface area contributed by atoms with Crippen LogP contribution in [0.15, 0.2) is 12.2 Å². The number of hydrogen-bond donors (Lipinski definition) is 1. The summed E-state index contributed by atoms with van der Waals surface area (Å²) in [7, 11) is 0. The molecule has 0 aromatic heterocycles. The van der Waals surface area contributed by atoms with Crippen molar-refractivity contribution in [1.82, 2.24) is 10.2 Å². The predicted octanol–water partition coefficient (Wildman–Crippen LogP) is 1.80. The van der Waals surface area contributed by atoms with Crippen molar-refractivity contribution in [3.05, 3.63) is 12.2 Å². The Morgan fingerprint density at radius 1 is 1.62 bits per heavy atom. The van der Waals surface area contributed by atoms with Crippen molar-refractivity contribution in [3.63, 3.8) is 0 Å². The minimum absolute atomic E-state index is 0.194. The summed E-state index contributed by atoms with van der Waals surface area (Å²) >= 11 is 0. The van der Waals surface area contributed by atoms with Crippen LogP contribution in [0.4, 0.5) is 0 Å². The van der Waals surface area contributed by atoms with E-state index in [1.54, 1.807) is 0 Å². The Hall–Kier alpha value is -0.830. The van der Waals surface area contributed by atoms with Crippen LogP contribution < -0.4 is 5.32 Å². The van der Waals surface area contributed by atoms with Gasteiger partial charge in [0.1, 0.15) is 0 Å². The van der Waals surface area contributed by atoms with Gasteiger partial charge < -0.3 is 10.2 Å². The summed E-state index contributed by atoms with van der Waals surface area (Å²) < 4.78 is 0. The van der Waals surface area contributed by atoms with E-state index in [1.165, 1.54) is 0 Å². The highest BCUT2D eigenvalue weighted by Crippen LogP contribution is 2.17. The van der Waals surface area contributed by atoms with Crippen molar-refractivity contribution in [1.29, 1.82) is 0 Å². The van der Waals surface area contributed by atoms with Gasteiger partial charge in [0, 0.05) is 31.6 Å². The van der Waals surface area contributed by atoms with E-state index in [-0.39, 0.29) is 11.8 Å². The summed E-state index contributed by atoms with van der Waals surface area (Å²) in [6, 6.07) is 0.465. The van der Waals surface area contributed by atoms with Gasteiger partial charge >= 0.3 is 0 Å². The van der Waals surface area contributed by atoms with Gasteiger partial charge in [-0.25, -0.2) is 0 Å². The van der Waals surface area contributed by atoms with E-state index in [9.17, 15) is 4.79 Å². The number of rotatable bonds is 5. The molecule has 16 heavy (non-hydrogen) atoms. The highest BCUT2D eigenvalue weighted by atomic mass is 16.2. The molecule has 1 rings (SSSR count). The SMILES string of the molecule is C=C(CNC(C)C)CN1CCCC(C)C1=O. The molecule has 0 aromatic rings. The fraction of sp³-hybridized carbons (Fsp3) is 0.769. The minimum Gasteiger partial charge on any atom is -0.338 e. The third kappa shape index (κ3) is 3.97. The smallest absolute Gasteiger partial charge is 0.225 e. The van der Waals surface area contributed by atoms with Crippen molar-refractivity contribution in [2.24, 2.45) is 5.92 Å². The van der Waals surface area contributed by atoms with E-state index < -0.39 is 0 Å². The molecule has 3 heteroatoms. The van der Waals surface area contributed by atoms with Gasteiger partial charge in [0.25, 0.3) is 0 Å². The maximum absolute atomic E-state index is 11.9. The lowest BCUT2D eigenvalue weighted by atomic mass is 9.99. The zero-order chi connectivity index (χ0) is 12.1. The second-order valence-corrected chi connectivity index (χ2v) is 5.09. The molecule has 1 fully saturated rings. The molecule has 1 saturated heterocycles. The van der Waals surface area contributed by atoms with Crippen LogP contribution in [0.2, 0.25) is 0 Å². The largest absolute Gasteiger partial charge is 0.338 e. The molecule has 0 aromatic carbocycles. The van der Waals surface area contributed by atoms with Crippen molar-refractivity contribution < 1.29 is 4.79 Å². The molecule has 1 aliphatic rings. The Bertz CT molecular complexity index is 261. The number of carbonyl (C=O) groups is 1. The number of hydrogen-bond acceptors (Lipinski definition) is 2. The van der Waals surface area contributed by atoms with Gasteiger partial charge in [-0.3, -0.25) is 4.79 Å². The Kier molecular flexibility index (Phi) is 5.00. The van der Waals surface area contributed by atoms with Gasteiger partial charge in [0.2, 0.25) is 5.91 Å². The van der Waals surface area contributed by atoms with Crippen LogP contribution in [0, 0.1) is 5.92 Å². The molecular formula is C13H24N2O. The van der Waals surface area contributed by atoms with Gasteiger partial charge in [-0.05, 0) is 18.4 Å². The molecular weight excluding hydrogens is 200 g/mol. The number of carbonyl (C=O) groups excluding carboxylic acids is 1. The van der Waals surface area contributed by atoms with Crippen LogP contribution in [0.3, 0.4) is 0 Å². The van der Waals surface area contributed by atoms with Crippen LogP contribution >= 0.6 is 0 Å². The Balaban J connectivity index is 2.35. The summed E-state index contributed by atoms with van der Waals surface area (Å²) in [5.74, 6) is 0.483. The standard InChI is InChI=1S/C13H24N2O/c1-10(2)14-8-11(3)9-15-7-5-6-12(4)13(15)16/h10,12,14H,3,5-9H2,1-2,4H3. The zero-order valence-electron chi connectivity index (χ0n) is 10.8. The van der Waals surface area contributed by atoms with E-state index in [0.717, 1.165) is 31.5 Å². The van der Waals surface area contributed by atoms with E-state index in [1.807, 2.05) is 11.8 Å². The number of amides is 1. The van der Waals surface area contributed by atoms with Crippen LogP contribution in [0.25, 0.3) is 0 Å². The number of nitrogens with one attached hydrogen (secondary N) is 1. The molecule has 1 amide bonds. The molecule has 0 saturated carbocycles. The molecule has 92 valence electrons. The van der Waals surface area contributed by atoms with Crippen LogP contribution in [-0.4, -0.2) is 36.5 Å². The molecule has 3 nitrogen and oxygen atoms in total. The van der Waals surface area contributed by atoms with Crippen molar-refractivity contribution in [3.8, 4) is 0 Å². The zero-order valence-corrected chi connectivity index (χ0v) is 10.8. The van der Waals surface area contributed by atoms with Gasteiger partial charge in [0.15, 0.2) is 0 Å². The highest BCUT2D eigenvalue weighted by molar-refractivity contribution is 5.79. The predicted molar refractivity (Wildman–Crippen MR) is 67.3 cm³/mol. The van der Waals surface area contributed by atoms with Crippen molar-refractivity contribution in [2.45, 2.75) is 39.7 Å². The van der Waals surface area contributed by atoms with Gasteiger partial charge in [-0.15, -0.1) is 0 Å². The average Bonchev–Trinajstić information content (AvgIpc) is 2.22. The summed E-state index contributed by atoms with van der Waals surface area (Å²) in [6.45, 7) is 12.7. The summed E-state index contributed by atoms with van der Waals surface area (Å²) in [5.41, 5.74) is 1.09. The topological polar surface area (TPSA) is 32.3 Å². The first-order chi connectivity index (χ1) is 7.50. The highest BCUT2D eigenvalue weighted by Gasteiger charge is 2.24. The maximum atomic E-state index is 11.9. The van der Waals surface area contributed by atoms with Crippen LogP contribution in [-0.2, 0) is 4.79 Å². The summed E-state index contributed by atoms with van der Waals surface area (Å²) in [6.07, 6.45) is 2.16. The maximum Gasteiger partial charge on any atom is 0.225 e. The lowest BCUT2D eigenvalue weighted by Gasteiger charge is -2.31. The van der Waals surface area contributed by atoms with Gasteiger partial charge in [-0.2, -0.15) is 0 Å². The average molecular weight is 224 g/mol. The Morgan fingerprint density at radius 3 is 2.94 bits per heavy atom. The fourth-order valence-electron chi connectivity index (χ4n) is 1.96. The summed E-state index contributed by atoms with van der Waals surface area (Å²) in [5, 5.41) is 3.32. The monoisotopic (exact) mass is 224 g/mol. The van der Waals surface area contributed by atoms with Gasteiger partial charge in [-0.1, -0.05) is 27.4 Å².